The van der Waals surface area contributed by atoms with Crippen LogP contribution in [0.15, 0.2) is 48.5 Å². The molecule has 0 amide bonds. The van der Waals surface area contributed by atoms with Crippen molar-refractivity contribution in [3.05, 3.63) is 69.7 Å². The van der Waals surface area contributed by atoms with Gasteiger partial charge in [0, 0.05) is 35.6 Å². The summed E-state index contributed by atoms with van der Waals surface area (Å²) in [5.74, 6) is -1.50. The number of halogens is 2. The highest BCUT2D eigenvalue weighted by Gasteiger charge is 2.40. The van der Waals surface area contributed by atoms with Crippen molar-refractivity contribution in [3.8, 4) is 0 Å². The molecule has 5 heteroatoms. The number of likely N-dealkylation sites (tertiary alicyclic amines) is 1. The summed E-state index contributed by atoms with van der Waals surface area (Å²) in [6.45, 7) is 1.86. The highest BCUT2D eigenvalue weighted by molar-refractivity contribution is 6.36. The Kier molecular flexibility index (Phi) is 4.90. The third-order valence-corrected chi connectivity index (χ3v) is 4.99. The molecule has 0 bridgehead atoms. The Morgan fingerprint density at radius 1 is 1.04 bits per heavy atom. The van der Waals surface area contributed by atoms with E-state index in [9.17, 15) is 9.90 Å². The van der Waals surface area contributed by atoms with Crippen molar-refractivity contribution in [1.82, 2.24) is 4.90 Å². The average Bonchev–Trinajstić information content (AvgIpc) is 2.92. The summed E-state index contributed by atoms with van der Waals surface area (Å²) < 4.78 is 0. The SMILES string of the molecule is O=C(O)C1CN(Cc2ccccc2)CC1c1c(Cl)cccc1Cl. The molecule has 1 aliphatic heterocycles. The first-order chi connectivity index (χ1) is 11.1. The van der Waals surface area contributed by atoms with Crippen molar-refractivity contribution < 1.29 is 9.90 Å². The molecular weight excluding hydrogens is 333 g/mol. The highest BCUT2D eigenvalue weighted by atomic mass is 35.5. The summed E-state index contributed by atoms with van der Waals surface area (Å²) in [4.78, 5) is 13.8. The van der Waals surface area contributed by atoms with Gasteiger partial charge in [-0.3, -0.25) is 9.69 Å². The van der Waals surface area contributed by atoms with E-state index in [0.29, 0.717) is 23.1 Å². The zero-order chi connectivity index (χ0) is 16.4. The Hall–Kier alpha value is -1.55. The van der Waals surface area contributed by atoms with Gasteiger partial charge in [0.05, 0.1) is 5.92 Å². The second-order valence-electron chi connectivity index (χ2n) is 5.87. The Bertz CT molecular complexity index is 685. The van der Waals surface area contributed by atoms with E-state index < -0.39 is 11.9 Å². The molecule has 1 N–H and O–H groups in total. The van der Waals surface area contributed by atoms with Crippen LogP contribution in [0.5, 0.6) is 0 Å². The molecule has 0 aliphatic carbocycles. The number of rotatable bonds is 4. The van der Waals surface area contributed by atoms with Crippen molar-refractivity contribution in [2.24, 2.45) is 5.92 Å². The number of benzene rings is 2. The van der Waals surface area contributed by atoms with E-state index in [-0.39, 0.29) is 5.92 Å². The first-order valence-corrected chi connectivity index (χ1v) is 8.25. The van der Waals surface area contributed by atoms with Gasteiger partial charge in [-0.05, 0) is 23.3 Å². The summed E-state index contributed by atoms with van der Waals surface area (Å²) >= 11 is 12.6. The Morgan fingerprint density at radius 2 is 1.70 bits per heavy atom. The maximum atomic E-state index is 11.7. The van der Waals surface area contributed by atoms with E-state index in [2.05, 4.69) is 4.90 Å². The zero-order valence-electron chi connectivity index (χ0n) is 12.5. The number of hydrogen-bond donors (Lipinski definition) is 1. The second kappa shape index (κ2) is 6.91. The van der Waals surface area contributed by atoms with Gasteiger partial charge in [-0.2, -0.15) is 0 Å². The lowest BCUT2D eigenvalue weighted by Gasteiger charge is -2.18. The van der Waals surface area contributed by atoms with Crippen LogP contribution in [0.1, 0.15) is 17.0 Å². The van der Waals surface area contributed by atoms with Crippen molar-refractivity contribution >= 4 is 29.2 Å². The first kappa shape index (κ1) is 16.3. The molecule has 1 saturated heterocycles. The van der Waals surface area contributed by atoms with Gasteiger partial charge in [-0.1, -0.05) is 59.6 Å². The molecule has 1 fully saturated rings. The molecule has 3 rings (SSSR count). The first-order valence-electron chi connectivity index (χ1n) is 7.49. The van der Waals surface area contributed by atoms with Crippen LogP contribution >= 0.6 is 23.2 Å². The molecule has 1 heterocycles. The van der Waals surface area contributed by atoms with Crippen LogP contribution in [0.4, 0.5) is 0 Å². The number of nitrogens with zero attached hydrogens (tertiary/aromatic N) is 1. The van der Waals surface area contributed by atoms with Crippen molar-refractivity contribution in [1.29, 1.82) is 0 Å². The lowest BCUT2D eigenvalue weighted by atomic mass is 9.89. The van der Waals surface area contributed by atoms with Gasteiger partial charge in [-0.15, -0.1) is 0 Å². The largest absolute Gasteiger partial charge is 0.481 e. The fraction of sp³-hybridized carbons (Fsp3) is 0.278. The Balaban J connectivity index is 1.86. The number of carboxylic acids is 1. The van der Waals surface area contributed by atoms with E-state index in [1.54, 1.807) is 18.2 Å². The van der Waals surface area contributed by atoms with Gasteiger partial charge in [0.1, 0.15) is 0 Å². The maximum Gasteiger partial charge on any atom is 0.308 e. The number of carboxylic acid groups (broad SMARTS) is 1. The molecule has 0 aromatic heterocycles. The van der Waals surface area contributed by atoms with Gasteiger partial charge >= 0.3 is 5.97 Å². The molecule has 23 heavy (non-hydrogen) atoms. The zero-order valence-corrected chi connectivity index (χ0v) is 14.0. The smallest absolute Gasteiger partial charge is 0.308 e. The van der Waals surface area contributed by atoms with E-state index in [1.165, 1.54) is 5.56 Å². The van der Waals surface area contributed by atoms with Gasteiger partial charge < -0.3 is 5.11 Å². The number of hydrogen-bond acceptors (Lipinski definition) is 2. The minimum Gasteiger partial charge on any atom is -0.481 e. The minimum atomic E-state index is -0.804. The summed E-state index contributed by atoms with van der Waals surface area (Å²) in [6.07, 6.45) is 0. The van der Waals surface area contributed by atoms with E-state index >= 15 is 0 Å². The quantitative estimate of drug-likeness (QED) is 0.894. The highest BCUT2D eigenvalue weighted by Crippen LogP contribution is 2.40. The summed E-state index contributed by atoms with van der Waals surface area (Å²) in [5.41, 5.74) is 1.92. The molecule has 3 nitrogen and oxygen atoms in total. The van der Waals surface area contributed by atoms with E-state index in [1.807, 2.05) is 30.3 Å². The third kappa shape index (κ3) is 3.52. The summed E-state index contributed by atoms with van der Waals surface area (Å²) in [6, 6.07) is 15.4. The lowest BCUT2D eigenvalue weighted by Crippen LogP contribution is -2.23. The Labute approximate surface area is 145 Å². The van der Waals surface area contributed by atoms with Gasteiger partial charge in [0.15, 0.2) is 0 Å². The van der Waals surface area contributed by atoms with Crippen molar-refractivity contribution in [2.45, 2.75) is 12.5 Å². The van der Waals surface area contributed by atoms with Crippen LogP contribution in [0.3, 0.4) is 0 Å². The molecular formula is C18H17Cl2NO2. The molecule has 2 aromatic carbocycles. The summed E-state index contributed by atoms with van der Waals surface area (Å²) in [7, 11) is 0. The molecule has 1 aliphatic rings. The monoisotopic (exact) mass is 349 g/mol. The van der Waals surface area contributed by atoms with Crippen molar-refractivity contribution in [3.63, 3.8) is 0 Å². The predicted octanol–water partition coefficient (Wildman–Crippen LogP) is 4.29. The predicted molar refractivity (Wildman–Crippen MR) is 92.0 cm³/mol. The number of aliphatic carboxylic acids is 1. The molecule has 2 unspecified atom stereocenters. The van der Waals surface area contributed by atoms with Crippen LogP contribution in [0.25, 0.3) is 0 Å². The maximum absolute atomic E-state index is 11.7. The molecule has 2 atom stereocenters. The van der Waals surface area contributed by atoms with Crippen LogP contribution in [0, 0.1) is 5.92 Å². The van der Waals surface area contributed by atoms with Gasteiger partial charge in [0.25, 0.3) is 0 Å². The lowest BCUT2D eigenvalue weighted by molar-refractivity contribution is -0.141. The average molecular weight is 350 g/mol. The van der Waals surface area contributed by atoms with Crippen molar-refractivity contribution in [2.75, 3.05) is 13.1 Å². The molecule has 0 spiro atoms. The van der Waals surface area contributed by atoms with Gasteiger partial charge in [-0.25, -0.2) is 0 Å². The molecule has 120 valence electrons. The molecule has 0 saturated carbocycles. The Morgan fingerprint density at radius 3 is 2.30 bits per heavy atom. The van der Waals surface area contributed by atoms with Crippen LogP contribution < -0.4 is 0 Å². The second-order valence-corrected chi connectivity index (χ2v) is 6.68. The van der Waals surface area contributed by atoms with Gasteiger partial charge in [0.2, 0.25) is 0 Å². The van der Waals surface area contributed by atoms with Crippen LogP contribution in [0.2, 0.25) is 10.0 Å². The van der Waals surface area contributed by atoms with E-state index in [0.717, 1.165) is 12.1 Å². The fourth-order valence-corrected chi connectivity index (χ4v) is 3.94. The third-order valence-electron chi connectivity index (χ3n) is 4.33. The minimum absolute atomic E-state index is 0.197. The van der Waals surface area contributed by atoms with E-state index in [4.69, 9.17) is 23.2 Å². The standard InChI is InChI=1S/C18H17Cl2NO2/c19-15-7-4-8-16(20)17(15)13-10-21(11-14(13)18(22)23)9-12-5-2-1-3-6-12/h1-8,13-14H,9-11H2,(H,22,23). The molecule has 2 aromatic rings. The topological polar surface area (TPSA) is 40.5 Å². The molecule has 0 radical (unpaired) electrons. The number of carbonyl (C=O) groups is 1. The normalized spacial score (nSPS) is 21.5. The van der Waals surface area contributed by atoms with Crippen LogP contribution in [-0.4, -0.2) is 29.1 Å². The summed E-state index contributed by atoms with van der Waals surface area (Å²) in [5, 5.41) is 10.7. The van der Waals surface area contributed by atoms with Crippen LogP contribution in [-0.2, 0) is 11.3 Å². The fourth-order valence-electron chi connectivity index (χ4n) is 3.26.